The van der Waals surface area contributed by atoms with E-state index in [0.29, 0.717) is 25.8 Å². The standard InChI is InChI=1S/C19H35N7O6/c1-10(2)14(20)17(30)26-8-4-6-13(26)16(29)25-12(9-27)15(28)24-11(18(31)32)5-3-7-23-19(21)22/h10-14,27H,3-9,20H2,1-2H3,(H,24,28)(H,25,29)(H,31,32)(H4,21,22,23)/t11-,12-,13-,14-/m0/s1. The van der Waals surface area contributed by atoms with Crippen molar-refractivity contribution < 1.29 is 29.4 Å². The van der Waals surface area contributed by atoms with Crippen molar-refractivity contribution in [2.24, 2.45) is 28.1 Å². The maximum atomic E-state index is 12.7. The molecule has 1 heterocycles. The van der Waals surface area contributed by atoms with Gasteiger partial charge in [0.15, 0.2) is 5.96 Å². The van der Waals surface area contributed by atoms with E-state index in [1.807, 2.05) is 0 Å². The number of guanidine groups is 1. The quantitative estimate of drug-likeness (QED) is 0.0902. The van der Waals surface area contributed by atoms with Gasteiger partial charge in [0.05, 0.1) is 12.6 Å². The second kappa shape index (κ2) is 12.8. The predicted molar refractivity (Wildman–Crippen MR) is 116 cm³/mol. The molecule has 13 heteroatoms. The molecule has 0 unspecified atom stereocenters. The number of likely N-dealkylation sites (tertiary alicyclic amines) is 1. The molecule has 0 aliphatic carbocycles. The maximum Gasteiger partial charge on any atom is 0.326 e. The number of aliphatic hydroxyl groups is 1. The molecule has 10 N–H and O–H groups in total. The lowest BCUT2D eigenvalue weighted by Crippen LogP contribution is -2.58. The van der Waals surface area contributed by atoms with Crippen molar-refractivity contribution in [3.63, 3.8) is 0 Å². The number of rotatable bonds is 12. The number of carboxylic acids is 1. The van der Waals surface area contributed by atoms with E-state index >= 15 is 0 Å². The Labute approximate surface area is 186 Å². The van der Waals surface area contributed by atoms with Gasteiger partial charge in [0, 0.05) is 13.1 Å². The number of hydrogen-bond acceptors (Lipinski definition) is 7. The fraction of sp³-hybridized carbons (Fsp3) is 0.737. The normalized spacial score (nSPS) is 18.5. The molecule has 1 rings (SSSR count). The van der Waals surface area contributed by atoms with E-state index < -0.39 is 48.6 Å². The molecule has 1 fully saturated rings. The molecule has 0 radical (unpaired) electrons. The second-order valence-corrected chi connectivity index (χ2v) is 8.05. The van der Waals surface area contributed by atoms with Gasteiger partial charge in [-0.2, -0.15) is 0 Å². The van der Waals surface area contributed by atoms with E-state index in [4.69, 9.17) is 17.2 Å². The Kier molecular flexibility index (Phi) is 10.9. The number of carbonyl (C=O) groups excluding carboxylic acids is 3. The zero-order valence-electron chi connectivity index (χ0n) is 18.5. The number of aliphatic imine (C=N–C) groups is 1. The van der Waals surface area contributed by atoms with Crippen LogP contribution in [0, 0.1) is 5.92 Å². The molecule has 0 aromatic heterocycles. The maximum absolute atomic E-state index is 12.7. The Morgan fingerprint density at radius 1 is 1.16 bits per heavy atom. The van der Waals surface area contributed by atoms with Crippen LogP contribution in [-0.4, -0.2) is 88.6 Å². The molecular formula is C19H35N7O6. The minimum Gasteiger partial charge on any atom is -0.480 e. The molecule has 1 aliphatic rings. The minimum atomic E-state index is -1.38. The third kappa shape index (κ3) is 7.96. The number of carbonyl (C=O) groups is 4. The van der Waals surface area contributed by atoms with Crippen LogP contribution in [0.2, 0.25) is 0 Å². The summed E-state index contributed by atoms with van der Waals surface area (Å²) in [6, 6.07) is -4.20. The highest BCUT2D eigenvalue weighted by Crippen LogP contribution is 2.20. The van der Waals surface area contributed by atoms with E-state index in [9.17, 15) is 29.4 Å². The Hall–Kier alpha value is -2.93. The van der Waals surface area contributed by atoms with Gasteiger partial charge in [-0.15, -0.1) is 0 Å². The fourth-order valence-electron chi connectivity index (χ4n) is 3.27. The van der Waals surface area contributed by atoms with Crippen LogP contribution in [0.1, 0.15) is 39.5 Å². The van der Waals surface area contributed by atoms with Crippen LogP contribution in [0.25, 0.3) is 0 Å². The molecular weight excluding hydrogens is 422 g/mol. The summed E-state index contributed by atoms with van der Waals surface area (Å²) in [5.74, 6) is -3.33. The number of hydrogen-bond donors (Lipinski definition) is 7. The van der Waals surface area contributed by atoms with Gasteiger partial charge in [-0.25, -0.2) is 4.79 Å². The highest BCUT2D eigenvalue weighted by Gasteiger charge is 2.38. The molecule has 13 nitrogen and oxygen atoms in total. The molecule has 1 saturated heterocycles. The predicted octanol–water partition coefficient (Wildman–Crippen LogP) is -2.94. The SMILES string of the molecule is CC(C)[C@H](N)C(=O)N1CCC[C@H]1C(=O)N[C@@H](CO)C(=O)N[C@@H](CCCN=C(N)N)C(=O)O. The molecule has 0 aromatic carbocycles. The summed E-state index contributed by atoms with van der Waals surface area (Å²) in [5.41, 5.74) is 16.3. The first kappa shape index (κ1) is 27.1. The Morgan fingerprint density at radius 2 is 1.81 bits per heavy atom. The summed E-state index contributed by atoms with van der Waals surface area (Å²) in [7, 11) is 0. The zero-order valence-corrected chi connectivity index (χ0v) is 18.5. The van der Waals surface area contributed by atoms with E-state index in [2.05, 4.69) is 15.6 Å². The summed E-state index contributed by atoms with van der Waals surface area (Å²) in [6.07, 6.45) is 1.33. The van der Waals surface area contributed by atoms with Gasteiger partial charge in [-0.1, -0.05) is 13.8 Å². The monoisotopic (exact) mass is 457 g/mol. The molecule has 0 saturated carbocycles. The second-order valence-electron chi connectivity index (χ2n) is 8.05. The zero-order chi connectivity index (χ0) is 24.4. The number of amides is 3. The molecule has 0 aromatic rings. The van der Waals surface area contributed by atoms with Crippen LogP contribution in [-0.2, 0) is 19.2 Å². The van der Waals surface area contributed by atoms with Gasteiger partial charge in [-0.3, -0.25) is 19.4 Å². The average molecular weight is 458 g/mol. The first-order valence-corrected chi connectivity index (χ1v) is 10.5. The van der Waals surface area contributed by atoms with Crippen molar-refractivity contribution in [3.05, 3.63) is 0 Å². The van der Waals surface area contributed by atoms with Crippen molar-refractivity contribution in [2.45, 2.75) is 63.7 Å². The number of nitrogens with one attached hydrogen (secondary N) is 2. The lowest BCUT2D eigenvalue weighted by atomic mass is 10.0. The molecule has 3 amide bonds. The van der Waals surface area contributed by atoms with Crippen molar-refractivity contribution in [1.29, 1.82) is 0 Å². The summed E-state index contributed by atoms with van der Waals surface area (Å²) in [4.78, 5) is 54.3. The molecule has 4 atom stereocenters. The highest BCUT2D eigenvalue weighted by molar-refractivity contribution is 5.94. The number of carboxylic acid groups (broad SMARTS) is 1. The Balaban J connectivity index is 2.74. The first-order chi connectivity index (χ1) is 15.0. The van der Waals surface area contributed by atoms with Gasteiger partial charge < -0.3 is 42.9 Å². The van der Waals surface area contributed by atoms with E-state index in [1.54, 1.807) is 13.8 Å². The average Bonchev–Trinajstić information content (AvgIpc) is 3.22. The molecule has 0 bridgehead atoms. The van der Waals surface area contributed by atoms with Crippen LogP contribution in [0.3, 0.4) is 0 Å². The number of nitrogens with zero attached hydrogens (tertiary/aromatic N) is 2. The number of aliphatic hydroxyl groups excluding tert-OH is 1. The molecule has 32 heavy (non-hydrogen) atoms. The molecule has 1 aliphatic heterocycles. The first-order valence-electron chi connectivity index (χ1n) is 10.5. The smallest absolute Gasteiger partial charge is 0.326 e. The topological polar surface area (TPSA) is 226 Å². The summed E-state index contributed by atoms with van der Waals surface area (Å²) >= 11 is 0. The number of aliphatic carboxylic acids is 1. The van der Waals surface area contributed by atoms with Gasteiger partial charge in [0.1, 0.15) is 18.1 Å². The van der Waals surface area contributed by atoms with E-state index in [1.165, 1.54) is 4.90 Å². The third-order valence-corrected chi connectivity index (χ3v) is 5.22. The third-order valence-electron chi connectivity index (χ3n) is 5.22. The lowest BCUT2D eigenvalue weighted by Gasteiger charge is -2.29. The van der Waals surface area contributed by atoms with Crippen molar-refractivity contribution in [3.8, 4) is 0 Å². The van der Waals surface area contributed by atoms with Gasteiger partial charge in [0.25, 0.3) is 0 Å². The van der Waals surface area contributed by atoms with Gasteiger partial charge in [-0.05, 0) is 31.6 Å². The summed E-state index contributed by atoms with van der Waals surface area (Å²) < 4.78 is 0. The largest absolute Gasteiger partial charge is 0.480 e. The van der Waals surface area contributed by atoms with Gasteiger partial charge >= 0.3 is 5.97 Å². The van der Waals surface area contributed by atoms with Crippen LogP contribution in [0.5, 0.6) is 0 Å². The van der Waals surface area contributed by atoms with Crippen LogP contribution in [0.15, 0.2) is 4.99 Å². The Bertz CT molecular complexity index is 710. The highest BCUT2D eigenvalue weighted by atomic mass is 16.4. The summed E-state index contributed by atoms with van der Waals surface area (Å²) in [6.45, 7) is 3.41. The Morgan fingerprint density at radius 3 is 2.34 bits per heavy atom. The minimum absolute atomic E-state index is 0.0436. The lowest BCUT2D eigenvalue weighted by molar-refractivity contribution is -0.143. The van der Waals surface area contributed by atoms with Crippen molar-refractivity contribution >= 4 is 29.7 Å². The van der Waals surface area contributed by atoms with Gasteiger partial charge in [0.2, 0.25) is 17.7 Å². The summed E-state index contributed by atoms with van der Waals surface area (Å²) in [5, 5.41) is 23.6. The van der Waals surface area contributed by atoms with Crippen LogP contribution >= 0.6 is 0 Å². The van der Waals surface area contributed by atoms with Crippen LogP contribution in [0.4, 0.5) is 0 Å². The number of nitrogens with two attached hydrogens (primary N) is 3. The van der Waals surface area contributed by atoms with E-state index in [-0.39, 0.29) is 30.8 Å². The fourth-order valence-corrected chi connectivity index (χ4v) is 3.27. The van der Waals surface area contributed by atoms with Crippen LogP contribution < -0.4 is 27.8 Å². The van der Waals surface area contributed by atoms with Crippen molar-refractivity contribution in [2.75, 3.05) is 19.7 Å². The van der Waals surface area contributed by atoms with E-state index in [0.717, 1.165) is 0 Å². The molecule has 182 valence electrons. The molecule has 0 spiro atoms. The van der Waals surface area contributed by atoms with Crippen molar-refractivity contribution in [1.82, 2.24) is 15.5 Å².